The Kier molecular flexibility index (Phi) is 8.37. The Hall–Kier alpha value is -6.98. The van der Waals surface area contributed by atoms with Gasteiger partial charge in [0.2, 0.25) is 0 Å². The van der Waals surface area contributed by atoms with Gasteiger partial charge in [-0.2, -0.15) is 0 Å². The normalized spacial score (nSPS) is 14.0. The molecule has 0 radical (unpaired) electrons. The zero-order chi connectivity index (χ0) is 36.6. The van der Waals surface area contributed by atoms with Crippen molar-refractivity contribution in [1.29, 1.82) is 0 Å². The van der Waals surface area contributed by atoms with Crippen LogP contribution in [-0.2, 0) is 0 Å². The molecule has 0 atom stereocenters. The summed E-state index contributed by atoms with van der Waals surface area (Å²) in [6.45, 7) is 0. The van der Waals surface area contributed by atoms with Gasteiger partial charge in [0.1, 0.15) is 11.2 Å². The van der Waals surface area contributed by atoms with Crippen molar-refractivity contribution >= 4 is 33.1 Å². The van der Waals surface area contributed by atoms with E-state index in [0.717, 1.165) is 121 Å². The van der Waals surface area contributed by atoms with Crippen molar-refractivity contribution < 1.29 is 4.42 Å². The molecule has 0 fully saturated rings. The monoisotopic (exact) mass is 708 g/mol. The van der Waals surface area contributed by atoms with Gasteiger partial charge in [0.15, 0.2) is 5.82 Å². The predicted octanol–water partition coefficient (Wildman–Crippen LogP) is 13.0. The van der Waals surface area contributed by atoms with Crippen LogP contribution in [0.3, 0.4) is 0 Å². The van der Waals surface area contributed by atoms with Crippen LogP contribution < -0.4 is 0 Å². The molecule has 0 bridgehead atoms. The number of hydrogen-bond donors (Lipinski definition) is 0. The third kappa shape index (κ3) is 6.30. The molecule has 10 rings (SSSR count). The summed E-state index contributed by atoms with van der Waals surface area (Å²) in [5.74, 6) is 0.666. The van der Waals surface area contributed by atoms with E-state index in [4.69, 9.17) is 24.4 Å². The number of nitrogens with zero attached hydrogens (tertiary/aromatic N) is 4. The third-order valence-electron chi connectivity index (χ3n) is 10.4. The number of hydrogen-bond acceptors (Lipinski definition) is 5. The lowest BCUT2D eigenvalue weighted by molar-refractivity contribution is 0.669. The van der Waals surface area contributed by atoms with Gasteiger partial charge in [-0.05, 0) is 61.1 Å². The van der Waals surface area contributed by atoms with Crippen molar-refractivity contribution in [1.82, 2.24) is 19.9 Å². The SMILES string of the molecule is C1=CC(c2nc(-c3ccccc3)c(-c3ccc(-c4cc(-c5ccc6c(c5)oc5ccccc56)nc(-c5ccccc5)n4)cc3)nc2C2=CCCC=C2)=CCC1. The second-order valence-corrected chi connectivity index (χ2v) is 14.0. The standard InChI is InChI=1S/C50H36N4O/c1-5-15-34(16-6-1)46-47(35-17-7-2-8-18-35)54-49(48(53-46)36-19-9-3-10-20-36)37-27-25-33(26-28-37)42-32-43(52-50(51-42)38-21-11-4-12-22-38)39-29-30-41-40-23-13-14-24-44(40)55-45(41)31-39/h3-5,7,9-32H,1-2,6,8H2. The first-order valence-electron chi connectivity index (χ1n) is 18.9. The molecule has 5 nitrogen and oxygen atoms in total. The van der Waals surface area contributed by atoms with Gasteiger partial charge in [0.05, 0.1) is 34.2 Å². The summed E-state index contributed by atoms with van der Waals surface area (Å²) >= 11 is 0. The molecule has 2 aliphatic carbocycles. The van der Waals surface area contributed by atoms with Gasteiger partial charge < -0.3 is 4.42 Å². The van der Waals surface area contributed by atoms with E-state index in [1.165, 1.54) is 0 Å². The molecule has 0 amide bonds. The molecule has 55 heavy (non-hydrogen) atoms. The number of para-hydroxylation sites is 1. The Labute approximate surface area is 319 Å². The predicted molar refractivity (Wildman–Crippen MR) is 225 cm³/mol. The lowest BCUT2D eigenvalue weighted by Crippen LogP contribution is -2.06. The van der Waals surface area contributed by atoms with E-state index in [1.54, 1.807) is 0 Å². The first kappa shape index (κ1) is 32.7. The summed E-state index contributed by atoms with van der Waals surface area (Å²) in [5.41, 5.74) is 14.1. The summed E-state index contributed by atoms with van der Waals surface area (Å²) in [6, 6.07) is 45.7. The lowest BCUT2D eigenvalue weighted by Gasteiger charge is -2.18. The maximum absolute atomic E-state index is 6.26. The highest BCUT2D eigenvalue weighted by molar-refractivity contribution is 6.05. The third-order valence-corrected chi connectivity index (χ3v) is 10.4. The van der Waals surface area contributed by atoms with Crippen molar-refractivity contribution in [3.8, 4) is 56.4 Å². The second-order valence-electron chi connectivity index (χ2n) is 14.0. The van der Waals surface area contributed by atoms with Gasteiger partial charge in [-0.15, -0.1) is 0 Å². The highest BCUT2D eigenvalue weighted by atomic mass is 16.3. The fourth-order valence-corrected chi connectivity index (χ4v) is 7.56. The highest BCUT2D eigenvalue weighted by Gasteiger charge is 2.22. The second kappa shape index (κ2) is 14.1. The van der Waals surface area contributed by atoms with Crippen LogP contribution in [0.4, 0.5) is 0 Å². The highest BCUT2D eigenvalue weighted by Crippen LogP contribution is 2.38. The number of benzene rings is 5. The van der Waals surface area contributed by atoms with E-state index >= 15 is 0 Å². The maximum atomic E-state index is 6.26. The fourth-order valence-electron chi connectivity index (χ4n) is 7.56. The Balaban J connectivity index is 1.10. The zero-order valence-corrected chi connectivity index (χ0v) is 30.2. The van der Waals surface area contributed by atoms with Crippen LogP contribution in [0, 0.1) is 0 Å². The Morgan fingerprint density at radius 1 is 0.382 bits per heavy atom. The van der Waals surface area contributed by atoms with Crippen LogP contribution in [0.25, 0.3) is 89.5 Å². The molecule has 0 unspecified atom stereocenters. The summed E-state index contributed by atoms with van der Waals surface area (Å²) in [5, 5.41) is 2.19. The van der Waals surface area contributed by atoms with Crippen molar-refractivity contribution in [2.45, 2.75) is 25.7 Å². The molecular formula is C50H36N4O. The van der Waals surface area contributed by atoms with Crippen LogP contribution in [0.5, 0.6) is 0 Å². The number of rotatable bonds is 7. The average molecular weight is 709 g/mol. The molecule has 262 valence electrons. The molecule has 3 aromatic heterocycles. The summed E-state index contributed by atoms with van der Waals surface area (Å²) in [4.78, 5) is 21.1. The minimum atomic E-state index is 0.666. The van der Waals surface area contributed by atoms with Gasteiger partial charge in [0, 0.05) is 38.6 Å². The molecule has 3 heterocycles. The fraction of sp³-hybridized carbons (Fsp3) is 0.0800. The summed E-state index contributed by atoms with van der Waals surface area (Å²) in [7, 11) is 0. The van der Waals surface area contributed by atoms with Crippen molar-refractivity contribution in [3.05, 3.63) is 181 Å². The van der Waals surface area contributed by atoms with Crippen LogP contribution in [-0.4, -0.2) is 19.9 Å². The van der Waals surface area contributed by atoms with Crippen molar-refractivity contribution in [2.24, 2.45) is 0 Å². The summed E-state index contributed by atoms with van der Waals surface area (Å²) in [6.07, 6.45) is 17.5. The number of furan rings is 1. The summed E-state index contributed by atoms with van der Waals surface area (Å²) < 4.78 is 6.26. The lowest BCUT2D eigenvalue weighted by atomic mass is 9.94. The van der Waals surface area contributed by atoms with E-state index in [-0.39, 0.29) is 0 Å². The molecule has 0 aliphatic heterocycles. The van der Waals surface area contributed by atoms with Gasteiger partial charge in [0.25, 0.3) is 0 Å². The van der Waals surface area contributed by atoms with Crippen molar-refractivity contribution in [2.75, 3.05) is 0 Å². The van der Waals surface area contributed by atoms with E-state index in [0.29, 0.717) is 5.82 Å². The molecule has 0 N–H and O–H groups in total. The van der Waals surface area contributed by atoms with Crippen LogP contribution in [0.1, 0.15) is 37.1 Å². The van der Waals surface area contributed by atoms with Gasteiger partial charge in [-0.25, -0.2) is 19.9 Å². The van der Waals surface area contributed by atoms with Crippen LogP contribution >= 0.6 is 0 Å². The molecule has 8 aromatic rings. The van der Waals surface area contributed by atoms with Crippen LogP contribution in [0.2, 0.25) is 0 Å². The molecular weight excluding hydrogens is 673 g/mol. The molecule has 0 spiro atoms. The molecule has 0 saturated carbocycles. The zero-order valence-electron chi connectivity index (χ0n) is 30.2. The minimum absolute atomic E-state index is 0.666. The molecule has 2 aliphatic rings. The number of aromatic nitrogens is 4. The Morgan fingerprint density at radius 2 is 0.909 bits per heavy atom. The van der Waals surface area contributed by atoms with E-state index in [2.05, 4.69) is 127 Å². The largest absolute Gasteiger partial charge is 0.456 e. The molecule has 0 saturated heterocycles. The van der Waals surface area contributed by atoms with Gasteiger partial charge >= 0.3 is 0 Å². The molecule has 5 aromatic carbocycles. The smallest absolute Gasteiger partial charge is 0.160 e. The maximum Gasteiger partial charge on any atom is 0.160 e. The first-order valence-corrected chi connectivity index (χ1v) is 18.9. The van der Waals surface area contributed by atoms with Crippen LogP contribution in [0.15, 0.2) is 174 Å². The number of allylic oxidation sites excluding steroid dienone is 8. The van der Waals surface area contributed by atoms with E-state index < -0.39 is 0 Å². The Bertz CT molecular complexity index is 2850. The van der Waals surface area contributed by atoms with Gasteiger partial charge in [-0.1, -0.05) is 146 Å². The Morgan fingerprint density at radius 3 is 1.55 bits per heavy atom. The quantitative estimate of drug-likeness (QED) is 0.165. The van der Waals surface area contributed by atoms with Gasteiger partial charge in [-0.3, -0.25) is 0 Å². The van der Waals surface area contributed by atoms with E-state index in [1.807, 2.05) is 42.5 Å². The van der Waals surface area contributed by atoms with E-state index in [9.17, 15) is 0 Å². The minimum Gasteiger partial charge on any atom is -0.456 e. The average Bonchev–Trinajstić information content (AvgIpc) is 3.65. The molecule has 5 heteroatoms. The number of fused-ring (bicyclic) bond motifs is 3. The topological polar surface area (TPSA) is 64.7 Å². The first-order chi connectivity index (χ1) is 27.2. The van der Waals surface area contributed by atoms with Crippen molar-refractivity contribution in [3.63, 3.8) is 0 Å².